The van der Waals surface area contributed by atoms with Crippen molar-refractivity contribution >= 4 is 31.4 Å². The van der Waals surface area contributed by atoms with Crippen LogP contribution in [0.2, 0.25) is 0 Å². The van der Waals surface area contributed by atoms with E-state index in [0.717, 1.165) is 16.7 Å². The molecule has 1 saturated heterocycles. The number of halogens is 1. The standard InChI is InChI=1S/C45H48FN8O4P/c1-31(2)54(32(3)4)59(56-27-17-26-47)58-40-37(28-51-45(34-20-11-6-12-21-34,35-22-13-7-14-23-35)36-24-15-8-16-25-36)57-44(38(40)46)53-30-50-39-41(48-29-49-42(39)53)52-43(55)33-18-9-5-10-19-33/h5-16,18-25,29-32,37-38,40,44,51H,17,27-28H2,1-4H3,(H,48,49,52,55)/t37-,38-,40-,44+,59?/m1/s1. The highest BCUT2D eigenvalue weighted by molar-refractivity contribution is 7.44. The summed E-state index contributed by atoms with van der Waals surface area (Å²) in [5, 5.41) is 16.1. The minimum atomic E-state index is -1.86. The summed E-state index contributed by atoms with van der Waals surface area (Å²) in [6.07, 6.45) is -2.07. The number of hydrogen-bond donors (Lipinski definition) is 2. The molecule has 0 radical (unpaired) electrons. The second kappa shape index (κ2) is 19.1. The van der Waals surface area contributed by atoms with Gasteiger partial charge in [-0.15, -0.1) is 0 Å². The van der Waals surface area contributed by atoms with E-state index in [-0.39, 0.29) is 54.5 Å². The van der Waals surface area contributed by atoms with Gasteiger partial charge in [-0.2, -0.15) is 5.26 Å². The van der Waals surface area contributed by atoms with Crippen LogP contribution in [0.4, 0.5) is 10.2 Å². The Kier molecular flexibility index (Phi) is 13.5. The Labute approximate surface area is 345 Å². The minimum Gasteiger partial charge on any atom is -0.347 e. The van der Waals surface area contributed by atoms with Crippen LogP contribution in [0, 0.1) is 11.3 Å². The second-order valence-corrected chi connectivity index (χ2v) is 16.1. The molecule has 0 aliphatic carbocycles. The van der Waals surface area contributed by atoms with E-state index < -0.39 is 38.7 Å². The summed E-state index contributed by atoms with van der Waals surface area (Å²) in [7, 11) is -1.86. The topological polar surface area (TPSA) is 139 Å². The fraction of sp³-hybridized carbons (Fsp3) is 0.311. The highest BCUT2D eigenvalue weighted by Gasteiger charge is 2.51. The summed E-state index contributed by atoms with van der Waals surface area (Å²) in [6.45, 7) is 8.40. The summed E-state index contributed by atoms with van der Waals surface area (Å²) in [5.41, 5.74) is 3.06. The smallest absolute Gasteiger partial charge is 0.259 e. The molecule has 7 rings (SSSR count). The van der Waals surface area contributed by atoms with Gasteiger partial charge in [-0.1, -0.05) is 109 Å². The maximum Gasteiger partial charge on any atom is 0.259 e. The highest BCUT2D eigenvalue weighted by atomic mass is 31.2. The number of nitrogens with zero attached hydrogens (tertiary/aromatic N) is 6. The van der Waals surface area contributed by atoms with Crippen molar-refractivity contribution in [2.45, 2.75) is 76.3 Å². The van der Waals surface area contributed by atoms with Gasteiger partial charge in [-0.25, -0.2) is 24.0 Å². The van der Waals surface area contributed by atoms with E-state index in [4.69, 9.17) is 13.8 Å². The molecule has 3 heterocycles. The minimum absolute atomic E-state index is 0.0170. The average molecular weight is 815 g/mol. The number of carbonyl (C=O) groups is 1. The summed E-state index contributed by atoms with van der Waals surface area (Å²) < 4.78 is 41.0. The first-order valence-electron chi connectivity index (χ1n) is 19.7. The van der Waals surface area contributed by atoms with E-state index in [2.05, 4.69) is 72.7 Å². The number of benzene rings is 4. The van der Waals surface area contributed by atoms with Gasteiger partial charge >= 0.3 is 0 Å². The number of anilines is 1. The van der Waals surface area contributed by atoms with Crippen molar-refractivity contribution in [3.63, 3.8) is 0 Å². The van der Waals surface area contributed by atoms with Gasteiger partial charge in [0.2, 0.25) is 0 Å². The third kappa shape index (κ3) is 8.94. The van der Waals surface area contributed by atoms with E-state index >= 15 is 4.39 Å². The molecule has 4 aromatic carbocycles. The molecule has 0 saturated carbocycles. The zero-order chi connectivity index (χ0) is 41.4. The molecule has 59 heavy (non-hydrogen) atoms. The van der Waals surface area contributed by atoms with Crippen molar-refractivity contribution in [3.8, 4) is 6.07 Å². The lowest BCUT2D eigenvalue weighted by atomic mass is 9.77. The number of nitriles is 1. The summed E-state index contributed by atoms with van der Waals surface area (Å²) >= 11 is 0. The van der Waals surface area contributed by atoms with Crippen molar-refractivity contribution in [2.24, 2.45) is 0 Å². The number of hydrogen-bond acceptors (Lipinski definition) is 10. The maximum absolute atomic E-state index is 17.6. The molecule has 1 unspecified atom stereocenters. The number of ether oxygens (including phenoxy) is 1. The lowest BCUT2D eigenvalue weighted by Gasteiger charge is -2.39. The third-order valence-electron chi connectivity index (χ3n) is 10.2. The molecule has 6 aromatic rings. The van der Waals surface area contributed by atoms with E-state index in [0.29, 0.717) is 5.56 Å². The second-order valence-electron chi connectivity index (χ2n) is 14.7. The van der Waals surface area contributed by atoms with Gasteiger partial charge in [0.1, 0.15) is 18.5 Å². The Morgan fingerprint density at radius 3 is 1.98 bits per heavy atom. The van der Waals surface area contributed by atoms with Crippen molar-refractivity contribution in [1.29, 1.82) is 5.26 Å². The van der Waals surface area contributed by atoms with Gasteiger partial charge in [0.05, 0.1) is 31.0 Å². The molecular formula is C45H48FN8O4P. The van der Waals surface area contributed by atoms with Gasteiger partial charge in [0.25, 0.3) is 14.4 Å². The number of fused-ring (bicyclic) bond motifs is 1. The number of alkyl halides is 1. The normalized spacial score (nSPS) is 18.7. The molecule has 2 N–H and O–H groups in total. The molecular weight excluding hydrogens is 767 g/mol. The molecule has 14 heteroatoms. The molecule has 304 valence electrons. The first-order valence-corrected chi connectivity index (χ1v) is 20.9. The van der Waals surface area contributed by atoms with Gasteiger partial charge in [-0.3, -0.25) is 14.7 Å². The van der Waals surface area contributed by atoms with Crippen LogP contribution >= 0.6 is 8.53 Å². The quantitative estimate of drug-likeness (QED) is 0.0523. The third-order valence-corrected chi connectivity index (χ3v) is 12.4. The monoisotopic (exact) mass is 814 g/mol. The van der Waals surface area contributed by atoms with E-state index in [1.807, 2.05) is 88.4 Å². The van der Waals surface area contributed by atoms with Crippen LogP contribution in [0.1, 0.15) is 67.4 Å². The number of carbonyl (C=O) groups excluding carboxylic acids is 1. The van der Waals surface area contributed by atoms with Crippen LogP contribution in [0.3, 0.4) is 0 Å². The molecule has 1 aliphatic heterocycles. The number of imidazole rings is 1. The zero-order valence-corrected chi connectivity index (χ0v) is 34.3. The van der Waals surface area contributed by atoms with Gasteiger partial charge in [-0.05, 0) is 56.5 Å². The Morgan fingerprint density at radius 1 is 0.881 bits per heavy atom. The van der Waals surface area contributed by atoms with Crippen molar-refractivity contribution < 1.29 is 23.0 Å². The number of aromatic nitrogens is 4. The fourth-order valence-electron chi connectivity index (χ4n) is 7.63. The lowest BCUT2D eigenvalue weighted by molar-refractivity contribution is -0.0225. The fourth-order valence-corrected chi connectivity index (χ4v) is 9.39. The van der Waals surface area contributed by atoms with E-state index in [9.17, 15) is 10.1 Å². The van der Waals surface area contributed by atoms with Crippen LogP contribution in [0.15, 0.2) is 134 Å². The molecule has 5 atom stereocenters. The van der Waals surface area contributed by atoms with Crippen LogP contribution in [-0.4, -0.2) is 73.7 Å². The van der Waals surface area contributed by atoms with Crippen LogP contribution in [0.5, 0.6) is 0 Å². The van der Waals surface area contributed by atoms with Crippen molar-refractivity contribution in [2.75, 3.05) is 18.5 Å². The predicted octanol–water partition coefficient (Wildman–Crippen LogP) is 8.56. The van der Waals surface area contributed by atoms with Crippen LogP contribution < -0.4 is 10.6 Å². The first kappa shape index (κ1) is 41.7. The van der Waals surface area contributed by atoms with Crippen LogP contribution in [-0.2, 0) is 19.3 Å². The van der Waals surface area contributed by atoms with Crippen molar-refractivity contribution in [3.05, 3.63) is 156 Å². The Morgan fingerprint density at radius 2 is 1.44 bits per heavy atom. The van der Waals surface area contributed by atoms with E-state index in [1.165, 1.54) is 17.2 Å². The highest BCUT2D eigenvalue weighted by Crippen LogP contribution is 2.51. The molecule has 12 nitrogen and oxygen atoms in total. The summed E-state index contributed by atoms with van der Waals surface area (Å²) in [6, 6.07) is 41.3. The number of nitrogens with one attached hydrogen (secondary N) is 2. The molecule has 1 amide bonds. The molecule has 1 aliphatic rings. The Bertz CT molecular complexity index is 2210. The zero-order valence-electron chi connectivity index (χ0n) is 33.4. The SMILES string of the molecule is CC(C)N(C(C)C)P(OCCC#N)O[C@H]1[C@@H](F)[C@@H](n2cnc3c(NC(=O)c4ccccc4)ncnc32)O[C@@H]1CNC(c1ccccc1)(c1ccccc1)c1ccccc1. The molecule has 2 aromatic heterocycles. The first-order chi connectivity index (χ1) is 28.7. The summed E-state index contributed by atoms with van der Waals surface area (Å²) in [5.74, 6) is -0.192. The average Bonchev–Trinajstić information content (AvgIpc) is 3.83. The lowest BCUT2D eigenvalue weighted by Crippen LogP contribution is -2.50. The number of rotatable bonds is 17. The Balaban J connectivity index is 1.28. The molecule has 0 bridgehead atoms. The van der Waals surface area contributed by atoms with E-state index in [1.54, 1.807) is 24.3 Å². The maximum atomic E-state index is 17.6. The van der Waals surface area contributed by atoms with Crippen molar-refractivity contribution in [1.82, 2.24) is 29.5 Å². The van der Waals surface area contributed by atoms with Gasteiger partial charge < -0.3 is 19.1 Å². The Hall–Kier alpha value is -5.45. The largest absolute Gasteiger partial charge is 0.347 e. The molecule has 0 spiro atoms. The van der Waals surface area contributed by atoms with Gasteiger partial charge in [0.15, 0.2) is 29.4 Å². The molecule has 1 fully saturated rings. The number of amides is 1. The summed E-state index contributed by atoms with van der Waals surface area (Å²) in [4.78, 5) is 26.4. The predicted molar refractivity (Wildman–Crippen MR) is 226 cm³/mol. The van der Waals surface area contributed by atoms with Gasteiger partial charge in [0, 0.05) is 24.2 Å². The van der Waals surface area contributed by atoms with Crippen LogP contribution in [0.25, 0.3) is 11.2 Å².